The van der Waals surface area contributed by atoms with E-state index in [1.807, 2.05) is 11.0 Å². The third-order valence-corrected chi connectivity index (χ3v) is 6.98. The molecule has 0 spiro atoms. The maximum absolute atomic E-state index is 13.7. The summed E-state index contributed by atoms with van der Waals surface area (Å²) in [4.78, 5) is 28.7. The number of non-ortho nitro benzene ring substituents is 1. The van der Waals surface area contributed by atoms with Crippen molar-refractivity contribution in [2.24, 2.45) is 0 Å². The molecule has 2 aromatic carbocycles. The third-order valence-electron chi connectivity index (χ3n) is 6.98. The SMILES string of the molecule is O=C(c1cnn(-c2ccc([N+](=O)[O-])cc2)c1C1CCNCC1)N1CCN(Cc2ccccc2)CC1. The fourth-order valence-electron chi connectivity index (χ4n) is 5.05. The van der Waals surface area contributed by atoms with Crippen molar-refractivity contribution in [2.45, 2.75) is 25.3 Å². The van der Waals surface area contributed by atoms with Gasteiger partial charge in [0.1, 0.15) is 0 Å². The van der Waals surface area contributed by atoms with Crippen LogP contribution >= 0.6 is 0 Å². The molecule has 1 N–H and O–H groups in total. The van der Waals surface area contributed by atoms with Crippen LogP contribution in [0.2, 0.25) is 0 Å². The van der Waals surface area contributed by atoms with Crippen molar-refractivity contribution in [3.63, 3.8) is 0 Å². The second-order valence-electron chi connectivity index (χ2n) is 9.21. The number of benzene rings is 2. The highest BCUT2D eigenvalue weighted by molar-refractivity contribution is 5.95. The Morgan fingerprint density at radius 3 is 2.34 bits per heavy atom. The van der Waals surface area contributed by atoms with E-state index in [1.165, 1.54) is 17.7 Å². The first-order valence-corrected chi connectivity index (χ1v) is 12.2. The molecule has 0 radical (unpaired) electrons. The van der Waals surface area contributed by atoms with Gasteiger partial charge < -0.3 is 10.2 Å². The zero-order chi connectivity index (χ0) is 24.2. The van der Waals surface area contributed by atoms with Gasteiger partial charge in [-0.1, -0.05) is 30.3 Å². The monoisotopic (exact) mass is 474 g/mol. The summed E-state index contributed by atoms with van der Waals surface area (Å²) >= 11 is 0. The molecule has 9 nitrogen and oxygen atoms in total. The summed E-state index contributed by atoms with van der Waals surface area (Å²) in [5, 5.41) is 19.1. The second-order valence-corrected chi connectivity index (χ2v) is 9.21. The first kappa shape index (κ1) is 23.2. The molecule has 0 atom stereocenters. The number of rotatable bonds is 6. The van der Waals surface area contributed by atoms with Crippen LogP contribution in [0.1, 0.15) is 40.4 Å². The van der Waals surface area contributed by atoms with Crippen molar-refractivity contribution in [3.8, 4) is 5.69 Å². The lowest BCUT2D eigenvalue weighted by Crippen LogP contribution is -2.48. The summed E-state index contributed by atoms with van der Waals surface area (Å²) < 4.78 is 1.80. The van der Waals surface area contributed by atoms with E-state index in [0.29, 0.717) is 18.7 Å². The molecule has 0 bridgehead atoms. The topological polar surface area (TPSA) is 96.5 Å². The van der Waals surface area contributed by atoms with Crippen LogP contribution in [-0.2, 0) is 6.54 Å². The minimum atomic E-state index is -0.410. The number of hydrogen-bond acceptors (Lipinski definition) is 6. The molecule has 0 saturated carbocycles. The van der Waals surface area contributed by atoms with Gasteiger partial charge in [0.15, 0.2) is 0 Å². The molecule has 1 amide bonds. The minimum Gasteiger partial charge on any atom is -0.336 e. The number of piperidine rings is 1. The lowest BCUT2D eigenvalue weighted by Gasteiger charge is -2.35. The highest BCUT2D eigenvalue weighted by Gasteiger charge is 2.30. The van der Waals surface area contributed by atoms with E-state index in [2.05, 4.69) is 39.6 Å². The molecule has 0 aliphatic carbocycles. The van der Waals surface area contributed by atoms with E-state index < -0.39 is 4.92 Å². The standard InChI is InChI=1S/C26H30N6O3/c33-26(30-16-14-29(15-17-30)19-20-4-2-1-3-5-20)24-18-28-31(25(24)21-10-12-27-13-11-21)22-6-8-23(9-7-22)32(34)35/h1-9,18,21,27H,10-17,19H2. The molecule has 1 aromatic heterocycles. The van der Waals surface area contributed by atoms with Gasteiger partial charge in [0.05, 0.1) is 28.1 Å². The summed E-state index contributed by atoms with van der Waals surface area (Å²) in [7, 11) is 0. The van der Waals surface area contributed by atoms with Crippen molar-refractivity contribution in [1.82, 2.24) is 24.9 Å². The van der Waals surface area contributed by atoms with Crippen molar-refractivity contribution in [1.29, 1.82) is 0 Å². The van der Waals surface area contributed by atoms with Crippen molar-refractivity contribution < 1.29 is 9.72 Å². The van der Waals surface area contributed by atoms with Crippen molar-refractivity contribution in [3.05, 3.63) is 87.7 Å². The molecule has 3 heterocycles. The molecule has 2 aliphatic heterocycles. The van der Waals surface area contributed by atoms with E-state index in [1.54, 1.807) is 23.0 Å². The lowest BCUT2D eigenvalue weighted by molar-refractivity contribution is -0.384. The van der Waals surface area contributed by atoms with Gasteiger partial charge in [0.25, 0.3) is 11.6 Å². The Balaban J connectivity index is 1.36. The smallest absolute Gasteiger partial charge is 0.269 e. The zero-order valence-corrected chi connectivity index (χ0v) is 19.7. The summed E-state index contributed by atoms with van der Waals surface area (Å²) in [6.45, 7) is 5.70. The fourth-order valence-corrected chi connectivity index (χ4v) is 5.05. The Labute approximate surface area is 204 Å². The van der Waals surface area contributed by atoms with Crippen LogP contribution in [0.4, 0.5) is 5.69 Å². The number of nitrogens with one attached hydrogen (secondary N) is 1. The molecule has 2 aliphatic rings. The van der Waals surface area contributed by atoms with E-state index in [4.69, 9.17) is 0 Å². The highest BCUT2D eigenvalue weighted by atomic mass is 16.6. The van der Waals surface area contributed by atoms with Gasteiger partial charge in [-0.3, -0.25) is 19.8 Å². The lowest BCUT2D eigenvalue weighted by atomic mass is 9.91. The van der Waals surface area contributed by atoms with Gasteiger partial charge in [0, 0.05) is 50.8 Å². The summed E-state index contributed by atoms with van der Waals surface area (Å²) in [6, 6.07) is 16.8. The van der Waals surface area contributed by atoms with Gasteiger partial charge >= 0.3 is 0 Å². The van der Waals surface area contributed by atoms with Crippen LogP contribution in [0.5, 0.6) is 0 Å². The van der Waals surface area contributed by atoms with Crippen LogP contribution < -0.4 is 5.32 Å². The molecule has 3 aromatic rings. The maximum Gasteiger partial charge on any atom is 0.269 e. The Morgan fingerprint density at radius 2 is 1.69 bits per heavy atom. The molecule has 2 fully saturated rings. The fraction of sp³-hybridized carbons (Fsp3) is 0.385. The summed E-state index contributed by atoms with van der Waals surface area (Å²) in [5.74, 6) is 0.221. The first-order chi connectivity index (χ1) is 17.1. The number of carbonyl (C=O) groups excluding carboxylic acids is 1. The molecule has 2 saturated heterocycles. The first-order valence-electron chi connectivity index (χ1n) is 12.2. The van der Waals surface area contributed by atoms with Crippen molar-refractivity contribution in [2.75, 3.05) is 39.3 Å². The number of nitro benzene ring substituents is 1. The van der Waals surface area contributed by atoms with Crippen LogP contribution in [0, 0.1) is 10.1 Å². The van der Waals surface area contributed by atoms with Gasteiger partial charge in [-0.15, -0.1) is 0 Å². The number of carbonyl (C=O) groups is 1. The Morgan fingerprint density at radius 1 is 1.00 bits per heavy atom. The van der Waals surface area contributed by atoms with Crippen LogP contribution in [0.25, 0.3) is 5.69 Å². The Hall–Kier alpha value is -3.56. The van der Waals surface area contributed by atoms with Gasteiger partial charge in [0.2, 0.25) is 0 Å². The number of aromatic nitrogens is 2. The minimum absolute atomic E-state index is 0.0195. The molecule has 5 rings (SSSR count). The number of nitro groups is 1. The molecule has 35 heavy (non-hydrogen) atoms. The van der Waals surface area contributed by atoms with Crippen LogP contribution in [0.3, 0.4) is 0 Å². The third kappa shape index (κ3) is 5.11. The Kier molecular flexibility index (Phi) is 6.87. The van der Waals surface area contributed by atoms with E-state index in [0.717, 1.165) is 56.9 Å². The van der Waals surface area contributed by atoms with E-state index in [9.17, 15) is 14.9 Å². The molecule has 0 unspecified atom stereocenters. The molecular weight excluding hydrogens is 444 g/mol. The van der Waals surface area contributed by atoms with Gasteiger partial charge in [-0.25, -0.2) is 4.68 Å². The average Bonchev–Trinajstić information content (AvgIpc) is 3.35. The quantitative estimate of drug-likeness (QED) is 0.435. The van der Waals surface area contributed by atoms with Gasteiger partial charge in [-0.05, 0) is 43.6 Å². The zero-order valence-electron chi connectivity index (χ0n) is 19.7. The van der Waals surface area contributed by atoms with Gasteiger partial charge in [-0.2, -0.15) is 5.10 Å². The van der Waals surface area contributed by atoms with Crippen LogP contribution in [0.15, 0.2) is 60.8 Å². The van der Waals surface area contributed by atoms with E-state index in [-0.39, 0.29) is 17.5 Å². The average molecular weight is 475 g/mol. The number of piperazine rings is 1. The predicted molar refractivity (Wildman–Crippen MR) is 133 cm³/mol. The second kappa shape index (κ2) is 10.4. The predicted octanol–water partition coefficient (Wildman–Crippen LogP) is 3.21. The number of hydrogen-bond donors (Lipinski definition) is 1. The molecular formula is C26H30N6O3. The molecule has 9 heteroatoms. The largest absolute Gasteiger partial charge is 0.336 e. The van der Waals surface area contributed by atoms with Crippen LogP contribution in [-0.4, -0.2) is 69.7 Å². The summed E-state index contributed by atoms with van der Waals surface area (Å²) in [5.41, 5.74) is 3.61. The van der Waals surface area contributed by atoms with Crippen molar-refractivity contribution >= 4 is 11.6 Å². The highest BCUT2D eigenvalue weighted by Crippen LogP contribution is 2.31. The number of nitrogens with zero attached hydrogens (tertiary/aromatic N) is 5. The number of amides is 1. The maximum atomic E-state index is 13.7. The summed E-state index contributed by atoms with van der Waals surface area (Å²) in [6.07, 6.45) is 3.52. The normalized spacial score (nSPS) is 17.4. The van der Waals surface area contributed by atoms with E-state index >= 15 is 0 Å². The molecule has 182 valence electrons. The Bertz CT molecular complexity index is 1160.